The molecule has 0 aliphatic rings. The fourth-order valence-electron chi connectivity index (χ4n) is 2.86. The smallest absolute Gasteiger partial charge is 0.343 e. The van der Waals surface area contributed by atoms with Crippen molar-refractivity contribution in [2.45, 2.75) is 58.3 Å². The molecule has 0 radical (unpaired) electrons. The molecule has 2 rings (SSSR count). The van der Waals surface area contributed by atoms with Crippen LogP contribution >= 0.6 is 0 Å². The van der Waals surface area contributed by atoms with Crippen LogP contribution in [0.4, 0.5) is 0 Å². The highest BCUT2D eigenvalue weighted by molar-refractivity contribution is 5.91. The summed E-state index contributed by atoms with van der Waals surface area (Å²) in [6, 6.07) is 16.2. The molecule has 0 amide bonds. The highest BCUT2D eigenvalue weighted by Crippen LogP contribution is 2.15. The highest BCUT2D eigenvalue weighted by atomic mass is 16.5. The monoisotopic (exact) mass is 349 g/mol. The Kier molecular flexibility index (Phi) is 8.42. The van der Waals surface area contributed by atoms with Crippen LogP contribution in [0.25, 0.3) is 0 Å². The minimum atomic E-state index is -0.378. The number of nitriles is 1. The van der Waals surface area contributed by atoms with E-state index in [9.17, 15) is 4.79 Å². The molecule has 0 fully saturated rings. The second-order valence-corrected chi connectivity index (χ2v) is 6.59. The molecular weight excluding hydrogens is 322 g/mol. The van der Waals surface area contributed by atoms with Gasteiger partial charge in [-0.3, -0.25) is 0 Å². The maximum atomic E-state index is 12.2. The number of ether oxygens (including phenoxy) is 1. The van der Waals surface area contributed by atoms with Gasteiger partial charge >= 0.3 is 5.97 Å². The van der Waals surface area contributed by atoms with Gasteiger partial charge in [0.25, 0.3) is 0 Å². The molecule has 0 aliphatic heterocycles. The molecule has 0 saturated heterocycles. The first-order valence-electron chi connectivity index (χ1n) is 9.54. The molecular formula is C23H27NO2. The van der Waals surface area contributed by atoms with Gasteiger partial charge in [0.15, 0.2) is 0 Å². The van der Waals surface area contributed by atoms with E-state index < -0.39 is 0 Å². The molecule has 26 heavy (non-hydrogen) atoms. The van der Waals surface area contributed by atoms with E-state index in [4.69, 9.17) is 10.00 Å². The number of unbranched alkanes of at least 4 members (excludes halogenated alkanes) is 6. The Morgan fingerprint density at radius 2 is 1.50 bits per heavy atom. The summed E-state index contributed by atoms with van der Waals surface area (Å²) < 4.78 is 5.34. The first kappa shape index (κ1) is 19.7. The molecule has 0 N–H and O–H groups in total. The summed E-state index contributed by atoms with van der Waals surface area (Å²) in [4.78, 5) is 12.2. The zero-order valence-electron chi connectivity index (χ0n) is 15.5. The van der Waals surface area contributed by atoms with Crippen molar-refractivity contribution in [2.24, 2.45) is 0 Å². The maximum Gasteiger partial charge on any atom is 0.343 e. The molecule has 0 bridgehead atoms. The van der Waals surface area contributed by atoms with Crippen LogP contribution in [0.1, 0.15) is 73.4 Å². The van der Waals surface area contributed by atoms with E-state index in [0.29, 0.717) is 16.9 Å². The van der Waals surface area contributed by atoms with Crippen LogP contribution in [0.3, 0.4) is 0 Å². The van der Waals surface area contributed by atoms with Gasteiger partial charge in [-0.15, -0.1) is 0 Å². The number of rotatable bonds is 10. The summed E-state index contributed by atoms with van der Waals surface area (Å²) in [5.74, 6) is 0.0679. The van der Waals surface area contributed by atoms with Crippen molar-refractivity contribution >= 4 is 5.97 Å². The zero-order chi connectivity index (χ0) is 18.6. The first-order valence-corrected chi connectivity index (χ1v) is 9.54. The van der Waals surface area contributed by atoms with Crippen LogP contribution in [0, 0.1) is 11.3 Å². The van der Waals surface area contributed by atoms with Gasteiger partial charge in [0.05, 0.1) is 17.2 Å². The second kappa shape index (κ2) is 11.1. The lowest BCUT2D eigenvalue weighted by molar-refractivity contribution is 0.0734. The number of esters is 1. The number of hydrogen-bond acceptors (Lipinski definition) is 3. The van der Waals surface area contributed by atoms with Crippen LogP contribution < -0.4 is 4.74 Å². The van der Waals surface area contributed by atoms with E-state index in [-0.39, 0.29) is 5.97 Å². The minimum absolute atomic E-state index is 0.378. The third-order valence-corrected chi connectivity index (χ3v) is 4.45. The van der Waals surface area contributed by atoms with Gasteiger partial charge in [-0.25, -0.2) is 4.79 Å². The Hall–Kier alpha value is -2.60. The molecule has 2 aromatic rings. The fraction of sp³-hybridized carbons (Fsp3) is 0.391. The van der Waals surface area contributed by atoms with Crippen molar-refractivity contribution in [1.29, 1.82) is 5.26 Å². The molecule has 0 aliphatic carbocycles. The number of benzene rings is 2. The molecule has 0 aromatic heterocycles. The molecule has 136 valence electrons. The van der Waals surface area contributed by atoms with E-state index in [1.165, 1.54) is 50.5 Å². The van der Waals surface area contributed by atoms with Gasteiger partial charge in [-0.05, 0) is 54.8 Å². The Morgan fingerprint density at radius 1 is 0.885 bits per heavy atom. The molecule has 0 heterocycles. The van der Waals surface area contributed by atoms with Crippen LogP contribution in [-0.4, -0.2) is 5.97 Å². The van der Waals surface area contributed by atoms with Crippen molar-refractivity contribution in [3.8, 4) is 11.8 Å². The lowest BCUT2D eigenvalue weighted by atomic mass is 10.0. The first-order chi connectivity index (χ1) is 12.7. The fourth-order valence-corrected chi connectivity index (χ4v) is 2.86. The van der Waals surface area contributed by atoms with E-state index in [1.54, 1.807) is 24.3 Å². The number of hydrogen-bond donors (Lipinski definition) is 0. The van der Waals surface area contributed by atoms with E-state index in [2.05, 4.69) is 6.92 Å². The average Bonchev–Trinajstić information content (AvgIpc) is 2.68. The Bertz CT molecular complexity index is 711. The molecule has 3 heteroatoms. The van der Waals surface area contributed by atoms with E-state index in [0.717, 1.165) is 6.42 Å². The van der Waals surface area contributed by atoms with Crippen molar-refractivity contribution in [3.63, 3.8) is 0 Å². The van der Waals surface area contributed by atoms with Gasteiger partial charge in [0.1, 0.15) is 5.75 Å². The number of nitrogens with zero attached hydrogens (tertiary/aromatic N) is 1. The molecule has 0 saturated carbocycles. The molecule has 2 aromatic carbocycles. The predicted octanol–water partition coefficient (Wildman–Crippen LogP) is 6.07. The largest absolute Gasteiger partial charge is 0.423 e. The Balaban J connectivity index is 1.75. The number of carbonyl (C=O) groups excluding carboxylic acids is 1. The van der Waals surface area contributed by atoms with Crippen molar-refractivity contribution in [3.05, 3.63) is 65.2 Å². The lowest BCUT2D eigenvalue weighted by Crippen LogP contribution is -2.08. The summed E-state index contributed by atoms with van der Waals surface area (Å²) in [5.41, 5.74) is 2.34. The SMILES string of the molecule is CCCCCCCCCc1ccc(C(=O)Oc2ccc(C#N)cc2)cc1. The van der Waals surface area contributed by atoms with Crippen molar-refractivity contribution < 1.29 is 9.53 Å². The van der Waals surface area contributed by atoms with Crippen LogP contribution in [0.5, 0.6) is 5.75 Å². The van der Waals surface area contributed by atoms with Crippen LogP contribution in [-0.2, 0) is 6.42 Å². The molecule has 3 nitrogen and oxygen atoms in total. The third-order valence-electron chi connectivity index (χ3n) is 4.45. The number of aryl methyl sites for hydroxylation is 1. The molecule has 0 spiro atoms. The zero-order valence-corrected chi connectivity index (χ0v) is 15.5. The van der Waals surface area contributed by atoms with Gasteiger partial charge in [0, 0.05) is 0 Å². The molecule has 0 atom stereocenters. The predicted molar refractivity (Wildman–Crippen MR) is 104 cm³/mol. The normalized spacial score (nSPS) is 10.3. The standard InChI is InChI=1S/C23H27NO2/c1-2-3-4-5-6-7-8-9-19-10-14-21(15-11-19)23(25)26-22-16-12-20(18-24)13-17-22/h10-17H,2-9H2,1H3. The second-order valence-electron chi connectivity index (χ2n) is 6.59. The van der Waals surface area contributed by atoms with Gasteiger partial charge in [0.2, 0.25) is 0 Å². The maximum absolute atomic E-state index is 12.2. The quantitative estimate of drug-likeness (QED) is 0.297. The highest BCUT2D eigenvalue weighted by Gasteiger charge is 2.08. The van der Waals surface area contributed by atoms with Crippen LogP contribution in [0.15, 0.2) is 48.5 Å². The molecule has 0 unspecified atom stereocenters. The van der Waals surface area contributed by atoms with Gasteiger partial charge in [-0.1, -0.05) is 57.6 Å². The van der Waals surface area contributed by atoms with Gasteiger partial charge < -0.3 is 4.74 Å². The number of carbonyl (C=O) groups is 1. The Labute approximate surface area is 156 Å². The van der Waals surface area contributed by atoms with E-state index in [1.807, 2.05) is 30.3 Å². The Morgan fingerprint density at radius 3 is 2.12 bits per heavy atom. The summed E-state index contributed by atoms with van der Waals surface area (Å²) in [7, 11) is 0. The summed E-state index contributed by atoms with van der Waals surface area (Å²) in [6.07, 6.45) is 10.2. The average molecular weight is 349 g/mol. The summed E-state index contributed by atoms with van der Waals surface area (Å²) in [5, 5.41) is 8.78. The lowest BCUT2D eigenvalue weighted by Gasteiger charge is -2.06. The topological polar surface area (TPSA) is 50.1 Å². The summed E-state index contributed by atoms with van der Waals surface area (Å²) in [6.45, 7) is 2.24. The van der Waals surface area contributed by atoms with Crippen molar-refractivity contribution in [1.82, 2.24) is 0 Å². The van der Waals surface area contributed by atoms with Crippen molar-refractivity contribution in [2.75, 3.05) is 0 Å². The van der Waals surface area contributed by atoms with Crippen LogP contribution in [0.2, 0.25) is 0 Å². The van der Waals surface area contributed by atoms with Gasteiger partial charge in [-0.2, -0.15) is 5.26 Å². The van der Waals surface area contributed by atoms with E-state index >= 15 is 0 Å². The summed E-state index contributed by atoms with van der Waals surface area (Å²) >= 11 is 0. The minimum Gasteiger partial charge on any atom is -0.423 e. The third kappa shape index (κ3) is 6.72.